The second kappa shape index (κ2) is 34.4. The van der Waals surface area contributed by atoms with Crippen molar-refractivity contribution in [1.29, 1.82) is 5.41 Å². The van der Waals surface area contributed by atoms with E-state index in [1.807, 2.05) is 27.7 Å². The van der Waals surface area contributed by atoms with Crippen molar-refractivity contribution in [3.8, 4) is 0 Å². The van der Waals surface area contributed by atoms with Gasteiger partial charge in [0, 0.05) is 18.1 Å². The molecule has 22 N–H and O–H groups in total. The average molecular weight is 752 g/mol. The highest BCUT2D eigenvalue weighted by Gasteiger charge is 2.17. The van der Waals surface area contributed by atoms with Crippen LogP contribution in [0.4, 0.5) is 0 Å². The number of hydrogen-bond donors (Lipinski definition) is 15. The molecule has 49 heavy (non-hydrogen) atoms. The second-order valence-corrected chi connectivity index (χ2v) is 12.9. The van der Waals surface area contributed by atoms with Gasteiger partial charge in [-0.05, 0) is 31.1 Å². The molecule has 0 aromatic carbocycles. The molecule has 0 fully saturated rings. The van der Waals surface area contributed by atoms with E-state index in [-0.39, 0.29) is 29.9 Å². The molecule has 0 aliphatic heterocycles. The Labute approximate surface area is 293 Å². The van der Waals surface area contributed by atoms with Crippen molar-refractivity contribution in [3.05, 3.63) is 0 Å². The van der Waals surface area contributed by atoms with Crippen LogP contribution in [0.25, 0.3) is 0 Å². The van der Waals surface area contributed by atoms with Crippen LogP contribution in [0.2, 0.25) is 0 Å². The minimum Gasteiger partial charge on any atom is -0.480 e. The highest BCUT2D eigenvalue weighted by molar-refractivity contribution is 8.76. The highest BCUT2D eigenvalue weighted by atomic mass is 33.1. The molecule has 0 aliphatic rings. The molecule has 290 valence electrons. The second-order valence-electron chi connectivity index (χ2n) is 10.3. The molecule has 23 heteroatoms. The molecule has 0 bridgehead atoms. The van der Waals surface area contributed by atoms with Gasteiger partial charge in [0.2, 0.25) is 0 Å². The summed E-state index contributed by atoms with van der Waals surface area (Å²) in [5.41, 5.74) is 35.7. The third-order valence-corrected chi connectivity index (χ3v) is 7.77. The maximum Gasteiger partial charge on any atom is 0.321 e. The van der Waals surface area contributed by atoms with Gasteiger partial charge in [-0.3, -0.25) is 34.2 Å². The number of hydrogen-bond acceptors (Lipinski definition) is 15. The Bertz CT molecular complexity index is 946. The number of rotatable bonds is 19. The fraction of sp³-hybridized carbons (Fsp3) is 0.731. The third-order valence-electron chi connectivity index (χ3n) is 5.30. The van der Waals surface area contributed by atoms with Gasteiger partial charge in [0.05, 0.1) is 6.54 Å². The third kappa shape index (κ3) is 44.5. The molecule has 0 saturated carbocycles. The Morgan fingerprint density at radius 3 is 1.27 bits per heavy atom. The number of carbonyl (C=O) groups is 6. The lowest BCUT2D eigenvalue weighted by molar-refractivity contribution is -0.140. The van der Waals surface area contributed by atoms with Gasteiger partial charge in [0.25, 0.3) is 0 Å². The Balaban J connectivity index is -0.000000170. The van der Waals surface area contributed by atoms with Crippen LogP contribution >= 0.6 is 21.6 Å². The van der Waals surface area contributed by atoms with Crippen LogP contribution in [0, 0.1) is 17.2 Å². The molecule has 6 atom stereocenters. The van der Waals surface area contributed by atoms with Crippen LogP contribution in [0.1, 0.15) is 53.4 Å². The maximum atomic E-state index is 10.3. The molecule has 0 amide bonds. The van der Waals surface area contributed by atoms with Crippen LogP contribution in [0.3, 0.4) is 0 Å². The lowest BCUT2D eigenvalue weighted by Crippen LogP contribution is -2.36. The van der Waals surface area contributed by atoms with Crippen LogP contribution in [0.15, 0.2) is 0 Å². The lowest BCUT2D eigenvalue weighted by atomic mass is 10.0. The summed E-state index contributed by atoms with van der Waals surface area (Å²) in [4.78, 5) is 60.3. The average Bonchev–Trinajstić information content (AvgIpc) is 3.00. The van der Waals surface area contributed by atoms with Crippen molar-refractivity contribution in [2.24, 2.45) is 52.0 Å². The molecule has 21 nitrogen and oxygen atoms in total. The zero-order valence-electron chi connectivity index (χ0n) is 28.2. The Morgan fingerprint density at radius 2 is 1.06 bits per heavy atom. The number of carboxylic acids is 6. The Morgan fingerprint density at radius 1 is 0.694 bits per heavy atom. The maximum absolute atomic E-state index is 10.3. The van der Waals surface area contributed by atoms with E-state index >= 15 is 0 Å². The van der Waals surface area contributed by atoms with Gasteiger partial charge in [-0.2, -0.15) is 0 Å². The summed E-state index contributed by atoms with van der Waals surface area (Å²) in [5, 5.41) is 58.8. The van der Waals surface area contributed by atoms with Gasteiger partial charge in [-0.1, -0.05) is 55.7 Å². The van der Waals surface area contributed by atoms with Crippen LogP contribution in [0.5, 0.6) is 0 Å². The predicted octanol–water partition coefficient (Wildman–Crippen LogP) is -2.23. The first-order chi connectivity index (χ1) is 22.4. The van der Waals surface area contributed by atoms with Gasteiger partial charge < -0.3 is 76.1 Å². The Kier molecular flexibility index (Phi) is 38.6. The monoisotopic (exact) mass is 751 g/mol. The summed E-state index contributed by atoms with van der Waals surface area (Å²) in [6, 6.07) is -4.05. The number of carboxylic acid groups (broad SMARTS) is 6. The van der Waals surface area contributed by atoms with E-state index < -0.39 is 66.0 Å². The van der Waals surface area contributed by atoms with E-state index in [0.29, 0.717) is 31.7 Å². The van der Waals surface area contributed by atoms with Crippen LogP contribution in [-0.4, -0.2) is 127 Å². The number of nitrogens with two attached hydrogens (primary N) is 7. The summed E-state index contributed by atoms with van der Waals surface area (Å²) in [6.07, 6.45) is 2.34. The first-order valence-corrected chi connectivity index (χ1v) is 17.0. The summed E-state index contributed by atoms with van der Waals surface area (Å²) < 4.78 is 0. The molecule has 0 aliphatic carbocycles. The zero-order valence-corrected chi connectivity index (χ0v) is 29.8. The first kappa shape index (κ1) is 55.0. The predicted molar refractivity (Wildman–Crippen MR) is 188 cm³/mol. The molecule has 0 rings (SSSR count). The molecule has 0 radical (unpaired) electrons. The summed E-state index contributed by atoms with van der Waals surface area (Å²) in [5.74, 6) is -5.16. The number of guanidine groups is 1. The van der Waals surface area contributed by atoms with Crippen molar-refractivity contribution < 1.29 is 59.4 Å². The van der Waals surface area contributed by atoms with Crippen molar-refractivity contribution in [1.82, 2.24) is 5.32 Å². The molecule has 0 saturated heterocycles. The van der Waals surface area contributed by atoms with Gasteiger partial charge in [-0.15, -0.1) is 0 Å². The van der Waals surface area contributed by atoms with Crippen LogP contribution < -0.4 is 45.5 Å². The highest BCUT2D eigenvalue weighted by Crippen LogP contribution is 2.22. The number of nitrogens with one attached hydrogen (secondary N) is 2. The standard InChI is InChI=1S/C6H14N4O2.C6H12N2O4S2.2C6H13NO2.C2H5NO2/c7-4(5(11)12)2-1-3-10-6(8)9;7-3(5(9)10)1-13-14-2-4(8)6(11)12;1-4(2)3-5(7)6(8)9;1-3-4(2)5(7)6(8)9;3-1-2(4)5/h4H,1-3,7H2,(H,11,12)(H4,8,9,10);3-4H,1-2,7-8H2,(H,9,10)(H,11,12);2*4-5H,3,7H2,1-2H3,(H,8,9);1,3H2,(H,4,5). The largest absolute Gasteiger partial charge is 0.480 e. The summed E-state index contributed by atoms with van der Waals surface area (Å²) in [7, 11) is 2.41. The van der Waals surface area contributed by atoms with E-state index in [9.17, 15) is 28.8 Å². The fourth-order valence-electron chi connectivity index (χ4n) is 2.16. The minimum atomic E-state index is -1.07. The molecule has 0 aromatic heterocycles. The van der Waals surface area contributed by atoms with Crippen molar-refractivity contribution in [2.75, 3.05) is 24.6 Å². The van der Waals surface area contributed by atoms with Gasteiger partial charge in [-0.25, -0.2) is 0 Å². The molecular weight excluding hydrogens is 694 g/mol. The first-order valence-electron chi connectivity index (χ1n) is 14.5. The van der Waals surface area contributed by atoms with Crippen molar-refractivity contribution >= 4 is 63.4 Å². The Hall–Kier alpha value is -3.45. The quantitative estimate of drug-likeness (QED) is 0.0287. The van der Waals surface area contributed by atoms with Gasteiger partial charge >= 0.3 is 35.8 Å². The molecule has 0 aromatic rings. The molecule has 0 spiro atoms. The summed E-state index contributed by atoms with van der Waals surface area (Å²) >= 11 is 0. The van der Waals surface area contributed by atoms with E-state index in [2.05, 4.69) is 11.1 Å². The van der Waals surface area contributed by atoms with Crippen LogP contribution in [-0.2, 0) is 28.8 Å². The normalized spacial score (nSPS) is 13.5. The number of aliphatic carboxylic acids is 6. The fourth-order valence-corrected chi connectivity index (χ4v) is 4.39. The van der Waals surface area contributed by atoms with Gasteiger partial charge in [0.1, 0.15) is 30.2 Å². The zero-order chi connectivity index (χ0) is 39.9. The lowest BCUT2D eigenvalue weighted by Gasteiger charge is -2.11. The van der Waals surface area contributed by atoms with Crippen molar-refractivity contribution in [3.63, 3.8) is 0 Å². The molecule has 0 heterocycles. The SMILES string of the molecule is CC(C)CC(N)C(=O)O.CCC(C)C(N)C(=O)O.N=C(N)NCCCC(N)C(=O)O.NC(CSSCC(N)C(=O)O)C(=O)O.NCC(=O)O. The van der Waals surface area contributed by atoms with E-state index in [0.717, 1.165) is 6.42 Å². The van der Waals surface area contributed by atoms with E-state index in [1.54, 1.807) is 0 Å². The molecular formula is C26H57N9O12S2. The summed E-state index contributed by atoms with van der Waals surface area (Å²) in [6.45, 7) is 7.86. The minimum absolute atomic E-state index is 0.0718. The van der Waals surface area contributed by atoms with Gasteiger partial charge in [0.15, 0.2) is 5.96 Å². The molecule has 6 unspecified atom stereocenters. The topological polar surface area (TPSA) is 442 Å². The van der Waals surface area contributed by atoms with E-state index in [1.165, 1.54) is 21.6 Å². The smallest absolute Gasteiger partial charge is 0.321 e. The van der Waals surface area contributed by atoms with Crippen molar-refractivity contribution in [2.45, 2.75) is 83.6 Å². The van der Waals surface area contributed by atoms with E-state index in [4.69, 9.17) is 70.5 Å².